The summed E-state index contributed by atoms with van der Waals surface area (Å²) < 4.78 is 11.9. The predicted molar refractivity (Wildman–Crippen MR) is 161 cm³/mol. The number of aliphatic hydroxyl groups excluding tert-OH is 4. The van der Waals surface area contributed by atoms with E-state index in [0.717, 1.165) is 60.7 Å². The average molecular weight is 579 g/mol. The fraction of sp³-hybridized carbons (Fsp3) is 1.00. The number of ether oxygens (including phenoxy) is 2. The first-order valence-corrected chi connectivity index (χ1v) is 17.4. The highest BCUT2D eigenvalue weighted by molar-refractivity contribution is 5.10. The van der Waals surface area contributed by atoms with E-state index in [9.17, 15) is 20.4 Å². The molecule has 0 unspecified atom stereocenters. The minimum absolute atomic E-state index is 0.0330. The van der Waals surface area contributed by atoms with Gasteiger partial charge in [0.2, 0.25) is 0 Å². The van der Waals surface area contributed by atoms with Gasteiger partial charge >= 0.3 is 0 Å². The van der Waals surface area contributed by atoms with Crippen LogP contribution in [0.3, 0.4) is 0 Å². The summed E-state index contributed by atoms with van der Waals surface area (Å²) in [7, 11) is 0. The van der Waals surface area contributed by atoms with Gasteiger partial charge < -0.3 is 29.9 Å². The molecule has 6 heteroatoms. The Morgan fingerprint density at radius 1 is 0.829 bits per heavy atom. The predicted octanol–water partition coefficient (Wildman–Crippen LogP) is 5.93. The summed E-state index contributed by atoms with van der Waals surface area (Å²) >= 11 is 0. The van der Waals surface area contributed by atoms with Gasteiger partial charge in [0.1, 0.15) is 24.4 Å². The standard InChI is InChI=1S/C35H62O6/c1-7-22(20(2)3)9-8-21(4)26-12-13-27-25-11-10-23-18-24(14-16-34(23,5)28(25)15-17-35(26,27)6)40-33-32(39)31(38)30(37)29(19-36)41-33/h20-33,36-39H,7-19H2,1-6H3/t21-,22-,23-,24+,25+,26-,27+,28+,29+,30-,31+,32-,33-,34+,35-/m1/s1. The molecule has 238 valence electrons. The Hall–Kier alpha value is -0.240. The van der Waals surface area contributed by atoms with Crippen LogP contribution in [-0.4, -0.2) is 63.8 Å². The number of hydrogen-bond donors (Lipinski definition) is 4. The average Bonchev–Trinajstić information content (AvgIpc) is 3.30. The summed E-state index contributed by atoms with van der Waals surface area (Å²) in [6.45, 7) is 14.6. The van der Waals surface area contributed by atoms with E-state index in [-0.39, 0.29) is 6.10 Å². The summed E-state index contributed by atoms with van der Waals surface area (Å²) in [5.41, 5.74) is 0.849. The molecule has 5 rings (SSSR count). The lowest BCUT2D eigenvalue weighted by atomic mass is 9.44. The van der Waals surface area contributed by atoms with Crippen molar-refractivity contribution >= 4 is 0 Å². The van der Waals surface area contributed by atoms with Crippen molar-refractivity contribution in [3.05, 3.63) is 0 Å². The third-order valence-electron chi connectivity index (χ3n) is 14.0. The van der Waals surface area contributed by atoms with Gasteiger partial charge in [-0.15, -0.1) is 0 Å². The second kappa shape index (κ2) is 12.6. The summed E-state index contributed by atoms with van der Waals surface area (Å²) in [5.74, 6) is 6.51. The van der Waals surface area contributed by atoms with Crippen LogP contribution < -0.4 is 0 Å². The van der Waals surface area contributed by atoms with Gasteiger partial charge in [-0.25, -0.2) is 0 Å². The number of aliphatic hydroxyl groups is 4. The molecule has 0 aromatic carbocycles. The minimum atomic E-state index is -1.38. The lowest BCUT2D eigenvalue weighted by molar-refractivity contribution is -0.316. The molecule has 0 bridgehead atoms. The monoisotopic (exact) mass is 578 g/mol. The van der Waals surface area contributed by atoms with Crippen LogP contribution >= 0.6 is 0 Å². The van der Waals surface area contributed by atoms with E-state index in [0.29, 0.717) is 16.7 Å². The molecule has 1 aliphatic heterocycles. The second-order valence-corrected chi connectivity index (χ2v) is 16.1. The highest BCUT2D eigenvalue weighted by Crippen LogP contribution is 2.68. The lowest BCUT2D eigenvalue weighted by Crippen LogP contribution is -2.60. The second-order valence-electron chi connectivity index (χ2n) is 16.1. The molecular weight excluding hydrogens is 516 g/mol. The van der Waals surface area contributed by atoms with Crippen molar-refractivity contribution < 1.29 is 29.9 Å². The van der Waals surface area contributed by atoms with Crippen molar-refractivity contribution in [2.75, 3.05) is 6.61 Å². The molecule has 4 aliphatic carbocycles. The van der Waals surface area contributed by atoms with Crippen molar-refractivity contribution in [3.8, 4) is 0 Å². The van der Waals surface area contributed by atoms with E-state index < -0.39 is 37.3 Å². The molecule has 4 N–H and O–H groups in total. The van der Waals surface area contributed by atoms with Crippen LogP contribution in [0.5, 0.6) is 0 Å². The van der Waals surface area contributed by atoms with Crippen LogP contribution in [-0.2, 0) is 9.47 Å². The van der Waals surface area contributed by atoms with Crippen molar-refractivity contribution in [2.45, 2.75) is 155 Å². The Bertz CT molecular complexity index is 864. The van der Waals surface area contributed by atoms with Crippen LogP contribution in [0.4, 0.5) is 0 Å². The maximum Gasteiger partial charge on any atom is 0.186 e. The van der Waals surface area contributed by atoms with Crippen LogP contribution in [0.15, 0.2) is 0 Å². The van der Waals surface area contributed by atoms with Gasteiger partial charge in [0.25, 0.3) is 0 Å². The van der Waals surface area contributed by atoms with E-state index >= 15 is 0 Å². The first kappa shape index (κ1) is 32.2. The highest BCUT2D eigenvalue weighted by Gasteiger charge is 2.61. The van der Waals surface area contributed by atoms with Crippen LogP contribution in [0, 0.1) is 58.2 Å². The molecule has 6 nitrogen and oxygen atoms in total. The summed E-state index contributed by atoms with van der Waals surface area (Å²) in [6.07, 6.45) is 9.34. The van der Waals surface area contributed by atoms with Gasteiger partial charge in [-0.1, -0.05) is 54.4 Å². The molecule has 1 heterocycles. The number of fused-ring (bicyclic) bond motifs is 5. The van der Waals surface area contributed by atoms with Gasteiger partial charge in [0.15, 0.2) is 6.29 Å². The van der Waals surface area contributed by atoms with Crippen molar-refractivity contribution in [1.29, 1.82) is 0 Å². The van der Waals surface area contributed by atoms with Crippen LogP contribution in [0.2, 0.25) is 0 Å². The zero-order valence-corrected chi connectivity index (χ0v) is 26.9. The zero-order valence-electron chi connectivity index (χ0n) is 26.9. The molecule has 4 saturated carbocycles. The highest BCUT2D eigenvalue weighted by atomic mass is 16.7. The molecule has 0 radical (unpaired) electrons. The minimum Gasteiger partial charge on any atom is -0.394 e. The topological polar surface area (TPSA) is 99.4 Å². The van der Waals surface area contributed by atoms with Gasteiger partial charge in [0, 0.05) is 0 Å². The lowest BCUT2D eigenvalue weighted by Gasteiger charge is -2.61. The zero-order chi connectivity index (χ0) is 29.7. The van der Waals surface area contributed by atoms with E-state index in [1.807, 2.05) is 0 Å². The maximum atomic E-state index is 10.5. The van der Waals surface area contributed by atoms with Crippen molar-refractivity contribution in [2.24, 2.45) is 58.2 Å². The maximum absolute atomic E-state index is 10.5. The smallest absolute Gasteiger partial charge is 0.186 e. The molecule has 41 heavy (non-hydrogen) atoms. The van der Waals surface area contributed by atoms with Crippen molar-refractivity contribution in [3.63, 3.8) is 0 Å². The Balaban J connectivity index is 1.20. The Morgan fingerprint density at radius 3 is 2.22 bits per heavy atom. The molecule has 0 aromatic rings. The van der Waals surface area contributed by atoms with E-state index in [2.05, 4.69) is 41.5 Å². The van der Waals surface area contributed by atoms with E-state index in [4.69, 9.17) is 9.47 Å². The Kier molecular flexibility index (Phi) is 9.91. The largest absolute Gasteiger partial charge is 0.394 e. The normalized spacial score (nSPS) is 49.7. The Labute approximate surface area is 250 Å². The first-order chi connectivity index (χ1) is 19.4. The van der Waals surface area contributed by atoms with E-state index in [1.54, 1.807) is 0 Å². The Morgan fingerprint density at radius 2 is 1.54 bits per heavy atom. The molecule has 0 spiro atoms. The first-order valence-electron chi connectivity index (χ1n) is 17.4. The van der Waals surface area contributed by atoms with E-state index in [1.165, 1.54) is 57.8 Å². The fourth-order valence-electron chi connectivity index (χ4n) is 11.4. The SMILES string of the molecule is CC[C@H](CC[C@@H](C)[C@H]1CC[C@H]2[C@@H]3CC[C@@H]4C[C@@H](O[C@@H]5O[C@@H](CO)[C@@H](O)[C@H](O)[C@H]5O)CC[C@]4(C)[C@H]3CC[C@]12C)C(C)C. The van der Waals surface area contributed by atoms with Crippen molar-refractivity contribution in [1.82, 2.24) is 0 Å². The van der Waals surface area contributed by atoms with Gasteiger partial charge in [-0.3, -0.25) is 0 Å². The van der Waals surface area contributed by atoms with Crippen LogP contribution in [0.1, 0.15) is 119 Å². The molecule has 5 fully saturated rings. The molecule has 1 saturated heterocycles. The fourth-order valence-corrected chi connectivity index (χ4v) is 11.4. The van der Waals surface area contributed by atoms with Gasteiger partial charge in [-0.05, 0) is 122 Å². The molecular formula is C35H62O6. The van der Waals surface area contributed by atoms with Crippen LogP contribution in [0.25, 0.3) is 0 Å². The molecule has 0 amide bonds. The summed E-state index contributed by atoms with van der Waals surface area (Å²) in [5, 5.41) is 40.4. The molecule has 5 aliphatic rings. The van der Waals surface area contributed by atoms with Gasteiger partial charge in [0.05, 0.1) is 12.7 Å². The number of rotatable bonds is 9. The summed E-state index contributed by atoms with van der Waals surface area (Å²) in [6, 6.07) is 0. The molecule has 15 atom stereocenters. The number of hydrogen-bond acceptors (Lipinski definition) is 6. The van der Waals surface area contributed by atoms with Gasteiger partial charge in [-0.2, -0.15) is 0 Å². The quantitative estimate of drug-likeness (QED) is 0.253. The molecule has 0 aromatic heterocycles. The summed E-state index contributed by atoms with van der Waals surface area (Å²) in [4.78, 5) is 0. The third-order valence-corrected chi connectivity index (χ3v) is 14.0. The third kappa shape index (κ3) is 5.81.